The highest BCUT2D eigenvalue weighted by Gasteiger charge is 2.35. The molecule has 0 fully saturated rings. The third kappa shape index (κ3) is 2.77. The number of rotatable bonds is 3. The van der Waals surface area contributed by atoms with Gasteiger partial charge in [0.25, 0.3) is 0 Å². The monoisotopic (exact) mass is 360 g/mol. The molecule has 0 heterocycles. The lowest BCUT2D eigenvalue weighted by molar-refractivity contribution is 0.707. The average Bonchev–Trinajstić information content (AvgIpc) is 3.03. The van der Waals surface area contributed by atoms with Crippen LogP contribution in [0, 0.1) is 13.8 Å². The fraction of sp³-hybridized carbons (Fsp3) is 0.143. The fourth-order valence-corrected chi connectivity index (χ4v) is 4.86. The number of fused-ring (bicyclic) bond motifs is 3. The third-order valence-electron chi connectivity index (χ3n) is 6.02. The van der Waals surface area contributed by atoms with E-state index in [-0.39, 0.29) is 0 Å². The Hall–Kier alpha value is -3.12. The first kappa shape index (κ1) is 17.0. The summed E-state index contributed by atoms with van der Waals surface area (Å²) in [6.45, 7) is 4.38. The topological polar surface area (TPSA) is 0 Å². The average molecular weight is 361 g/mol. The zero-order valence-electron chi connectivity index (χ0n) is 16.4. The SMILES string of the molecule is Cc1cccc(C(c2cccc(C)c2)C2c3ccccc3-c3ccccc32)c1. The van der Waals surface area contributed by atoms with E-state index in [0.717, 1.165) is 0 Å². The smallest absolute Gasteiger partial charge is 0.0211 e. The molecule has 0 heteroatoms. The zero-order valence-corrected chi connectivity index (χ0v) is 16.4. The van der Waals surface area contributed by atoms with Gasteiger partial charge >= 0.3 is 0 Å². The summed E-state index contributed by atoms with van der Waals surface area (Å²) in [4.78, 5) is 0. The van der Waals surface area contributed by atoms with Gasteiger partial charge in [-0.2, -0.15) is 0 Å². The van der Waals surface area contributed by atoms with Gasteiger partial charge in [-0.3, -0.25) is 0 Å². The molecular weight excluding hydrogens is 336 g/mol. The highest BCUT2D eigenvalue weighted by Crippen LogP contribution is 2.52. The highest BCUT2D eigenvalue weighted by molar-refractivity contribution is 5.79. The lowest BCUT2D eigenvalue weighted by atomic mass is 9.75. The molecule has 0 amide bonds. The maximum atomic E-state index is 2.36. The van der Waals surface area contributed by atoms with Crippen LogP contribution in [0.2, 0.25) is 0 Å². The Bertz CT molecular complexity index is 1060. The summed E-state index contributed by atoms with van der Waals surface area (Å²) in [6.07, 6.45) is 0. The molecule has 0 radical (unpaired) electrons. The molecule has 4 aromatic carbocycles. The first-order valence-corrected chi connectivity index (χ1v) is 10.0. The van der Waals surface area contributed by atoms with Crippen LogP contribution in [0.1, 0.15) is 45.2 Å². The van der Waals surface area contributed by atoms with Crippen molar-refractivity contribution in [2.45, 2.75) is 25.7 Å². The molecule has 0 spiro atoms. The van der Waals surface area contributed by atoms with Crippen LogP contribution in [0.25, 0.3) is 11.1 Å². The van der Waals surface area contributed by atoms with E-state index in [4.69, 9.17) is 0 Å². The van der Waals surface area contributed by atoms with E-state index >= 15 is 0 Å². The lowest BCUT2D eigenvalue weighted by Gasteiger charge is -2.27. The Morgan fingerprint density at radius 2 is 1.00 bits per heavy atom. The van der Waals surface area contributed by atoms with Crippen molar-refractivity contribution in [3.8, 4) is 11.1 Å². The molecule has 28 heavy (non-hydrogen) atoms. The van der Waals surface area contributed by atoms with Crippen LogP contribution in [0.4, 0.5) is 0 Å². The van der Waals surface area contributed by atoms with Gasteiger partial charge in [0.2, 0.25) is 0 Å². The standard InChI is InChI=1S/C28H24/c1-19-9-7-11-21(17-19)27(22-12-8-10-20(2)18-22)28-25-15-5-3-13-23(25)24-14-4-6-16-26(24)28/h3-18,27-28H,1-2H3. The normalized spacial score (nSPS) is 12.8. The fourth-order valence-electron chi connectivity index (χ4n) is 4.86. The molecule has 0 N–H and O–H groups in total. The molecule has 0 saturated carbocycles. The third-order valence-corrected chi connectivity index (χ3v) is 6.02. The zero-order chi connectivity index (χ0) is 19.1. The van der Waals surface area contributed by atoms with E-state index < -0.39 is 0 Å². The molecule has 136 valence electrons. The molecule has 0 aliphatic heterocycles. The summed E-state index contributed by atoms with van der Waals surface area (Å²) in [7, 11) is 0. The van der Waals surface area contributed by atoms with Gasteiger partial charge in [-0.05, 0) is 47.2 Å². The molecule has 0 atom stereocenters. The van der Waals surface area contributed by atoms with Crippen LogP contribution in [-0.2, 0) is 0 Å². The number of hydrogen-bond acceptors (Lipinski definition) is 0. The molecule has 4 aromatic rings. The molecule has 0 bridgehead atoms. The minimum absolute atomic E-state index is 0.296. The first-order chi connectivity index (χ1) is 13.7. The summed E-state index contributed by atoms with van der Waals surface area (Å²) < 4.78 is 0. The number of hydrogen-bond donors (Lipinski definition) is 0. The van der Waals surface area contributed by atoms with Crippen LogP contribution < -0.4 is 0 Å². The molecule has 0 aromatic heterocycles. The van der Waals surface area contributed by atoms with Gasteiger partial charge in [0.15, 0.2) is 0 Å². The van der Waals surface area contributed by atoms with Crippen molar-refractivity contribution in [2.75, 3.05) is 0 Å². The maximum Gasteiger partial charge on any atom is 0.0211 e. The second-order valence-corrected chi connectivity index (χ2v) is 7.96. The molecule has 0 nitrogen and oxygen atoms in total. The van der Waals surface area contributed by atoms with Crippen molar-refractivity contribution in [2.24, 2.45) is 0 Å². The quantitative estimate of drug-likeness (QED) is 0.361. The second kappa shape index (κ2) is 6.80. The Kier molecular flexibility index (Phi) is 4.13. The van der Waals surface area contributed by atoms with Gasteiger partial charge in [-0.15, -0.1) is 0 Å². The predicted molar refractivity (Wildman–Crippen MR) is 118 cm³/mol. The largest absolute Gasteiger partial charge is 0.0619 e. The van der Waals surface area contributed by atoms with Crippen LogP contribution in [0.3, 0.4) is 0 Å². The van der Waals surface area contributed by atoms with E-state index in [1.807, 2.05) is 0 Å². The molecule has 0 unspecified atom stereocenters. The van der Waals surface area contributed by atoms with Crippen LogP contribution in [0.15, 0.2) is 97.1 Å². The van der Waals surface area contributed by atoms with E-state index in [9.17, 15) is 0 Å². The number of aryl methyl sites for hydroxylation is 2. The highest BCUT2D eigenvalue weighted by atomic mass is 14.4. The van der Waals surface area contributed by atoms with E-state index in [0.29, 0.717) is 11.8 Å². The molecule has 1 aliphatic rings. The molecule has 1 aliphatic carbocycles. The Morgan fingerprint density at radius 3 is 1.46 bits per heavy atom. The van der Waals surface area contributed by atoms with Gasteiger partial charge in [0, 0.05) is 11.8 Å². The molecule has 5 rings (SSSR count). The van der Waals surface area contributed by atoms with E-state index in [1.165, 1.54) is 44.5 Å². The van der Waals surface area contributed by atoms with Crippen LogP contribution in [0.5, 0.6) is 0 Å². The van der Waals surface area contributed by atoms with Gasteiger partial charge < -0.3 is 0 Å². The maximum absolute atomic E-state index is 2.36. The Balaban J connectivity index is 1.79. The summed E-state index contributed by atoms with van der Waals surface area (Å²) in [5, 5.41) is 0. The van der Waals surface area contributed by atoms with Crippen LogP contribution in [-0.4, -0.2) is 0 Å². The minimum atomic E-state index is 0.296. The first-order valence-electron chi connectivity index (χ1n) is 10.0. The Labute approximate surface area is 167 Å². The van der Waals surface area contributed by atoms with Crippen molar-refractivity contribution in [3.63, 3.8) is 0 Å². The van der Waals surface area contributed by atoms with Crippen molar-refractivity contribution in [1.82, 2.24) is 0 Å². The lowest BCUT2D eigenvalue weighted by Crippen LogP contribution is -2.13. The second-order valence-electron chi connectivity index (χ2n) is 7.96. The molecular formula is C28H24. The summed E-state index contributed by atoms with van der Waals surface area (Å²) in [5.41, 5.74) is 11.1. The summed E-state index contributed by atoms with van der Waals surface area (Å²) in [5.74, 6) is 0.626. The van der Waals surface area contributed by atoms with Crippen molar-refractivity contribution in [3.05, 3.63) is 130 Å². The van der Waals surface area contributed by atoms with Crippen molar-refractivity contribution >= 4 is 0 Å². The number of benzene rings is 4. The van der Waals surface area contributed by atoms with Gasteiger partial charge in [-0.25, -0.2) is 0 Å². The van der Waals surface area contributed by atoms with Gasteiger partial charge in [0.1, 0.15) is 0 Å². The minimum Gasteiger partial charge on any atom is -0.0619 e. The van der Waals surface area contributed by atoms with Crippen molar-refractivity contribution < 1.29 is 0 Å². The Morgan fingerprint density at radius 1 is 0.536 bits per heavy atom. The molecule has 0 saturated heterocycles. The summed E-state index contributed by atoms with van der Waals surface area (Å²) in [6, 6.07) is 35.9. The van der Waals surface area contributed by atoms with Crippen LogP contribution >= 0.6 is 0 Å². The van der Waals surface area contributed by atoms with Gasteiger partial charge in [-0.1, -0.05) is 108 Å². The van der Waals surface area contributed by atoms with E-state index in [1.54, 1.807) is 0 Å². The van der Waals surface area contributed by atoms with Crippen molar-refractivity contribution in [1.29, 1.82) is 0 Å². The van der Waals surface area contributed by atoms with Gasteiger partial charge in [0.05, 0.1) is 0 Å². The summed E-state index contributed by atoms with van der Waals surface area (Å²) >= 11 is 0. The van der Waals surface area contributed by atoms with E-state index in [2.05, 4.69) is 111 Å². The predicted octanol–water partition coefficient (Wildman–Crippen LogP) is 7.25.